The van der Waals surface area contributed by atoms with Crippen LogP contribution in [0.15, 0.2) is 24.3 Å². The van der Waals surface area contributed by atoms with E-state index in [0.717, 1.165) is 24.3 Å². The van der Waals surface area contributed by atoms with Gasteiger partial charge >= 0.3 is 0 Å². The van der Waals surface area contributed by atoms with E-state index in [4.69, 9.17) is 5.73 Å². The molecule has 0 saturated heterocycles. The Balaban J connectivity index is 2.29. The number of likely N-dealkylation sites (N-methyl/N-ethyl adjacent to an activating group) is 1. The first-order valence-corrected chi connectivity index (χ1v) is 7.14. The van der Waals surface area contributed by atoms with Crippen LogP contribution in [0.4, 0.5) is 4.39 Å². The van der Waals surface area contributed by atoms with Crippen molar-refractivity contribution >= 4 is 0 Å². The summed E-state index contributed by atoms with van der Waals surface area (Å²) in [5.41, 5.74) is 7.38. The summed E-state index contributed by atoms with van der Waals surface area (Å²) in [5, 5.41) is 0. The molecular formula is C16H25FN2. The van der Waals surface area contributed by atoms with Crippen molar-refractivity contribution in [3.63, 3.8) is 0 Å². The molecular weight excluding hydrogens is 239 g/mol. The van der Waals surface area contributed by atoms with Gasteiger partial charge in [0.05, 0.1) is 0 Å². The van der Waals surface area contributed by atoms with Crippen molar-refractivity contribution in [1.82, 2.24) is 4.90 Å². The first-order chi connectivity index (χ1) is 8.95. The quantitative estimate of drug-likeness (QED) is 0.907. The summed E-state index contributed by atoms with van der Waals surface area (Å²) >= 11 is 0. The Morgan fingerprint density at radius 2 is 1.95 bits per heavy atom. The highest BCUT2D eigenvalue weighted by Crippen LogP contribution is 2.42. The number of nitrogens with zero attached hydrogens (tertiary/aromatic N) is 1. The van der Waals surface area contributed by atoms with Crippen molar-refractivity contribution in [2.24, 2.45) is 11.7 Å². The minimum Gasteiger partial charge on any atom is -0.322 e. The zero-order valence-corrected chi connectivity index (χ0v) is 12.2. The average Bonchev–Trinajstić information content (AvgIpc) is 2.39. The maximum absolute atomic E-state index is 13.4. The second kappa shape index (κ2) is 5.59. The first-order valence-electron chi connectivity index (χ1n) is 7.14. The van der Waals surface area contributed by atoms with E-state index in [2.05, 4.69) is 25.9 Å². The van der Waals surface area contributed by atoms with Crippen LogP contribution in [-0.4, -0.2) is 24.5 Å². The summed E-state index contributed by atoms with van der Waals surface area (Å²) in [4.78, 5) is 2.24. The maximum atomic E-state index is 13.4. The molecule has 0 aliphatic heterocycles. The standard InChI is InChI=1S/C16H25FN2/c1-12-7-9-16(10-8-12,19(2)3)15(18)13-5-4-6-14(17)11-13/h4-6,11-12,15H,7-10,18H2,1-3H3. The molecule has 0 bridgehead atoms. The van der Waals surface area contributed by atoms with Crippen molar-refractivity contribution in [2.75, 3.05) is 14.1 Å². The molecule has 0 aromatic heterocycles. The van der Waals surface area contributed by atoms with Gasteiger partial charge in [-0.3, -0.25) is 0 Å². The SMILES string of the molecule is CC1CCC(C(N)c2cccc(F)c2)(N(C)C)CC1. The Labute approximate surface area is 115 Å². The van der Waals surface area contributed by atoms with Crippen LogP contribution in [0.5, 0.6) is 0 Å². The van der Waals surface area contributed by atoms with Gasteiger partial charge < -0.3 is 10.6 Å². The van der Waals surface area contributed by atoms with Gasteiger partial charge in [0.15, 0.2) is 0 Å². The third-order valence-corrected chi connectivity index (χ3v) is 4.82. The Morgan fingerprint density at radius 3 is 2.47 bits per heavy atom. The van der Waals surface area contributed by atoms with E-state index in [9.17, 15) is 4.39 Å². The number of hydrogen-bond acceptors (Lipinski definition) is 2. The van der Waals surface area contributed by atoms with Crippen LogP contribution in [0.2, 0.25) is 0 Å². The van der Waals surface area contributed by atoms with Crippen molar-refractivity contribution in [3.8, 4) is 0 Å². The Hall–Kier alpha value is -0.930. The molecule has 1 aromatic carbocycles. The molecule has 2 rings (SSSR count). The van der Waals surface area contributed by atoms with E-state index in [1.54, 1.807) is 12.1 Å². The lowest BCUT2D eigenvalue weighted by Crippen LogP contribution is -2.54. The molecule has 0 spiro atoms. The summed E-state index contributed by atoms with van der Waals surface area (Å²) in [7, 11) is 4.18. The molecule has 0 heterocycles. The number of benzene rings is 1. The molecule has 0 amide bonds. The van der Waals surface area contributed by atoms with Crippen molar-refractivity contribution in [1.29, 1.82) is 0 Å². The van der Waals surface area contributed by atoms with E-state index >= 15 is 0 Å². The van der Waals surface area contributed by atoms with Crippen LogP contribution in [0, 0.1) is 11.7 Å². The van der Waals surface area contributed by atoms with E-state index < -0.39 is 0 Å². The topological polar surface area (TPSA) is 29.3 Å². The molecule has 19 heavy (non-hydrogen) atoms. The van der Waals surface area contributed by atoms with Crippen LogP contribution in [0.3, 0.4) is 0 Å². The highest BCUT2D eigenvalue weighted by Gasteiger charge is 2.42. The van der Waals surface area contributed by atoms with E-state index in [0.29, 0.717) is 0 Å². The molecule has 1 saturated carbocycles. The number of rotatable bonds is 3. The summed E-state index contributed by atoms with van der Waals surface area (Å²) in [6, 6.07) is 6.61. The van der Waals surface area contributed by atoms with Gasteiger partial charge in [-0.1, -0.05) is 19.1 Å². The largest absolute Gasteiger partial charge is 0.322 e. The summed E-state index contributed by atoms with van der Waals surface area (Å²) in [5.74, 6) is 0.568. The molecule has 1 unspecified atom stereocenters. The van der Waals surface area contributed by atoms with E-state index in [1.165, 1.54) is 18.9 Å². The van der Waals surface area contributed by atoms with E-state index in [-0.39, 0.29) is 17.4 Å². The maximum Gasteiger partial charge on any atom is 0.123 e. The van der Waals surface area contributed by atoms with Crippen molar-refractivity contribution in [3.05, 3.63) is 35.6 Å². The number of hydrogen-bond donors (Lipinski definition) is 1. The van der Waals surface area contributed by atoms with Gasteiger partial charge in [-0.2, -0.15) is 0 Å². The van der Waals surface area contributed by atoms with Gasteiger partial charge in [0.25, 0.3) is 0 Å². The lowest BCUT2D eigenvalue weighted by molar-refractivity contribution is 0.0563. The smallest absolute Gasteiger partial charge is 0.123 e. The molecule has 2 N–H and O–H groups in total. The molecule has 1 aliphatic rings. The molecule has 106 valence electrons. The predicted octanol–water partition coefficient (Wildman–Crippen LogP) is 3.34. The molecule has 1 fully saturated rings. The van der Waals surface area contributed by atoms with E-state index in [1.807, 2.05) is 6.07 Å². The normalized spacial score (nSPS) is 29.5. The summed E-state index contributed by atoms with van der Waals surface area (Å²) in [6.45, 7) is 2.30. The summed E-state index contributed by atoms with van der Waals surface area (Å²) in [6.07, 6.45) is 4.56. The van der Waals surface area contributed by atoms with Crippen LogP contribution in [0.1, 0.15) is 44.2 Å². The third kappa shape index (κ3) is 2.82. The van der Waals surface area contributed by atoms with Crippen molar-refractivity contribution < 1.29 is 4.39 Å². The number of halogens is 1. The van der Waals surface area contributed by atoms with Crippen LogP contribution in [0.25, 0.3) is 0 Å². The summed E-state index contributed by atoms with van der Waals surface area (Å²) < 4.78 is 13.4. The Bertz CT molecular complexity index is 423. The molecule has 2 nitrogen and oxygen atoms in total. The molecule has 1 aromatic rings. The zero-order valence-electron chi connectivity index (χ0n) is 12.2. The Morgan fingerprint density at radius 1 is 1.32 bits per heavy atom. The predicted molar refractivity (Wildman–Crippen MR) is 77.4 cm³/mol. The second-order valence-electron chi connectivity index (χ2n) is 6.21. The average molecular weight is 264 g/mol. The fourth-order valence-electron chi connectivity index (χ4n) is 3.31. The fraction of sp³-hybridized carbons (Fsp3) is 0.625. The number of nitrogens with two attached hydrogens (primary N) is 1. The fourth-order valence-corrected chi connectivity index (χ4v) is 3.31. The van der Waals surface area contributed by atoms with Gasteiger partial charge in [0.2, 0.25) is 0 Å². The lowest BCUT2D eigenvalue weighted by atomic mass is 9.70. The molecule has 1 aliphatic carbocycles. The van der Waals surface area contributed by atoms with Gasteiger partial charge in [0.1, 0.15) is 5.82 Å². The van der Waals surface area contributed by atoms with Crippen molar-refractivity contribution in [2.45, 2.75) is 44.2 Å². The monoisotopic (exact) mass is 264 g/mol. The van der Waals surface area contributed by atoms with Gasteiger partial charge in [-0.05, 0) is 63.4 Å². The minimum atomic E-state index is -0.203. The third-order valence-electron chi connectivity index (χ3n) is 4.82. The van der Waals surface area contributed by atoms with Crippen LogP contribution in [-0.2, 0) is 0 Å². The highest BCUT2D eigenvalue weighted by molar-refractivity contribution is 5.24. The molecule has 1 atom stereocenters. The second-order valence-corrected chi connectivity index (χ2v) is 6.21. The first kappa shape index (κ1) is 14.5. The molecule has 3 heteroatoms. The van der Waals surface area contributed by atoms with Gasteiger partial charge in [-0.15, -0.1) is 0 Å². The zero-order chi connectivity index (χ0) is 14.0. The van der Waals surface area contributed by atoms with Gasteiger partial charge in [-0.25, -0.2) is 4.39 Å². The van der Waals surface area contributed by atoms with Crippen LogP contribution >= 0.6 is 0 Å². The van der Waals surface area contributed by atoms with Gasteiger partial charge in [0, 0.05) is 11.6 Å². The Kier molecular flexibility index (Phi) is 4.26. The van der Waals surface area contributed by atoms with Crippen LogP contribution < -0.4 is 5.73 Å². The lowest BCUT2D eigenvalue weighted by Gasteiger charge is -2.48. The highest BCUT2D eigenvalue weighted by atomic mass is 19.1. The molecule has 0 radical (unpaired) electrons. The minimum absolute atomic E-state index is 0.0414.